The first-order valence-electron chi connectivity index (χ1n) is 19.0. The summed E-state index contributed by atoms with van der Waals surface area (Å²) in [6, 6.07) is 32.5. The number of hydrogen-bond acceptors (Lipinski definition) is 7. The highest BCUT2D eigenvalue weighted by Gasteiger charge is 2.39. The minimum absolute atomic E-state index is 0.0780. The fourth-order valence-electron chi connectivity index (χ4n) is 7.81. The molecule has 288 valence electrons. The van der Waals surface area contributed by atoms with Crippen LogP contribution in [0.5, 0.6) is 0 Å². The van der Waals surface area contributed by atoms with Crippen LogP contribution in [0.25, 0.3) is 22.4 Å². The summed E-state index contributed by atoms with van der Waals surface area (Å²) in [7, 11) is 5.12. The molecular formula is C44H47N7O5. The van der Waals surface area contributed by atoms with E-state index in [1.165, 1.54) is 12.0 Å². The van der Waals surface area contributed by atoms with E-state index in [0.717, 1.165) is 46.6 Å². The van der Waals surface area contributed by atoms with Crippen LogP contribution in [0.1, 0.15) is 60.8 Å². The van der Waals surface area contributed by atoms with Gasteiger partial charge in [0.1, 0.15) is 23.9 Å². The summed E-state index contributed by atoms with van der Waals surface area (Å²) in [6.45, 7) is 1.10. The lowest BCUT2D eigenvalue weighted by Crippen LogP contribution is -2.48. The molecule has 0 saturated carbocycles. The highest BCUT2D eigenvalue weighted by Crippen LogP contribution is 2.35. The normalized spacial score (nSPS) is 17.7. The zero-order chi connectivity index (χ0) is 39.2. The van der Waals surface area contributed by atoms with Crippen molar-refractivity contribution >= 4 is 29.5 Å². The number of H-pyrrole nitrogens is 1. The summed E-state index contributed by atoms with van der Waals surface area (Å²) in [4.78, 5) is 66.9. The summed E-state index contributed by atoms with van der Waals surface area (Å²) in [6.07, 6.45) is 4.06. The molecule has 12 heteroatoms. The summed E-state index contributed by atoms with van der Waals surface area (Å²) < 4.78 is 4.77. The smallest absolute Gasteiger partial charge is 0.407 e. The van der Waals surface area contributed by atoms with Crippen LogP contribution in [0.15, 0.2) is 115 Å². The van der Waals surface area contributed by atoms with Crippen molar-refractivity contribution in [2.24, 2.45) is 0 Å². The predicted molar refractivity (Wildman–Crippen MR) is 214 cm³/mol. The van der Waals surface area contributed by atoms with E-state index in [9.17, 15) is 19.2 Å². The molecule has 2 saturated heterocycles. The average molecular weight is 754 g/mol. The third-order valence-corrected chi connectivity index (χ3v) is 10.7. The van der Waals surface area contributed by atoms with Gasteiger partial charge in [-0.3, -0.25) is 19.3 Å². The quantitative estimate of drug-likeness (QED) is 0.136. The van der Waals surface area contributed by atoms with Crippen LogP contribution < -0.4 is 10.6 Å². The zero-order valence-electron chi connectivity index (χ0n) is 31.9. The van der Waals surface area contributed by atoms with Gasteiger partial charge in [-0.1, -0.05) is 97.1 Å². The number of nitrogens with one attached hydrogen (secondary N) is 3. The Morgan fingerprint density at radius 2 is 1.34 bits per heavy atom. The number of alkyl carbamates (subject to hydrolysis) is 1. The van der Waals surface area contributed by atoms with Gasteiger partial charge >= 0.3 is 6.09 Å². The lowest BCUT2D eigenvalue weighted by Gasteiger charge is -2.31. The van der Waals surface area contributed by atoms with Gasteiger partial charge in [-0.15, -0.1) is 0 Å². The van der Waals surface area contributed by atoms with Crippen LogP contribution in [0.4, 0.5) is 10.5 Å². The van der Waals surface area contributed by atoms with Crippen LogP contribution in [-0.4, -0.2) is 88.8 Å². The number of anilines is 1. The molecule has 2 fully saturated rings. The molecule has 3 heterocycles. The van der Waals surface area contributed by atoms with Crippen LogP contribution in [-0.2, 0) is 19.1 Å². The van der Waals surface area contributed by atoms with E-state index in [-0.39, 0.29) is 29.8 Å². The minimum atomic E-state index is -0.979. The van der Waals surface area contributed by atoms with E-state index >= 15 is 0 Å². The van der Waals surface area contributed by atoms with Crippen molar-refractivity contribution in [3.63, 3.8) is 0 Å². The van der Waals surface area contributed by atoms with E-state index in [1.807, 2.05) is 115 Å². The molecule has 0 radical (unpaired) electrons. The number of nitrogens with zero attached hydrogens (tertiary/aromatic N) is 4. The van der Waals surface area contributed by atoms with Gasteiger partial charge in [0.2, 0.25) is 11.8 Å². The highest BCUT2D eigenvalue weighted by atomic mass is 16.5. The Hall–Kier alpha value is -6.27. The average Bonchev–Trinajstić information content (AvgIpc) is 4.03. The number of amides is 4. The maximum atomic E-state index is 13.9. The van der Waals surface area contributed by atoms with Crippen LogP contribution in [0.3, 0.4) is 0 Å². The summed E-state index contributed by atoms with van der Waals surface area (Å²) in [5.74, 6) is 0.221. The number of aromatic nitrogens is 2. The largest absolute Gasteiger partial charge is 0.453 e. The molecule has 4 amide bonds. The van der Waals surface area contributed by atoms with Crippen molar-refractivity contribution < 1.29 is 23.9 Å². The first-order chi connectivity index (χ1) is 27.2. The SMILES string of the molecule is COC(=O)N[C@@H](C(=O)N1CCC[C@H]1C(=O)Nc1ccc(-c2ccc(-c3cnc([C@@H]4CCCN4C(=O)[C@@H](c4ccccc4)N(C)C)[nH]3)cc2)cc1)c1ccccc1. The predicted octanol–water partition coefficient (Wildman–Crippen LogP) is 6.74. The Labute approximate surface area is 326 Å². The molecule has 0 bridgehead atoms. The van der Waals surface area contributed by atoms with Crippen molar-refractivity contribution in [3.8, 4) is 22.4 Å². The van der Waals surface area contributed by atoms with E-state index < -0.39 is 18.2 Å². The number of ether oxygens (including phenoxy) is 1. The number of carbonyl (C=O) groups is 4. The summed E-state index contributed by atoms with van der Waals surface area (Å²) in [5, 5.41) is 5.61. The number of likely N-dealkylation sites (tertiary alicyclic amines) is 2. The number of methoxy groups -OCH3 is 1. The molecule has 3 N–H and O–H groups in total. The molecule has 2 aliphatic heterocycles. The monoisotopic (exact) mass is 753 g/mol. The Kier molecular flexibility index (Phi) is 11.6. The number of benzene rings is 4. The van der Waals surface area contributed by atoms with E-state index in [4.69, 9.17) is 9.72 Å². The van der Waals surface area contributed by atoms with Gasteiger partial charge in [0.15, 0.2) is 0 Å². The van der Waals surface area contributed by atoms with E-state index in [2.05, 4.69) is 15.6 Å². The van der Waals surface area contributed by atoms with Gasteiger partial charge in [0, 0.05) is 18.8 Å². The summed E-state index contributed by atoms with van der Waals surface area (Å²) in [5.41, 5.74) is 6.04. The van der Waals surface area contributed by atoms with Crippen molar-refractivity contribution in [1.82, 2.24) is 30.0 Å². The third kappa shape index (κ3) is 8.20. The lowest BCUT2D eigenvalue weighted by molar-refractivity contribution is -0.138. The molecule has 0 aliphatic carbocycles. The van der Waals surface area contributed by atoms with Crippen molar-refractivity contribution in [2.45, 2.75) is 49.9 Å². The molecule has 12 nitrogen and oxygen atoms in total. The molecule has 1 aromatic heterocycles. The van der Waals surface area contributed by atoms with Gasteiger partial charge in [0.05, 0.1) is 25.0 Å². The number of aromatic amines is 1. The van der Waals surface area contributed by atoms with E-state index in [0.29, 0.717) is 37.2 Å². The van der Waals surface area contributed by atoms with Gasteiger partial charge in [-0.25, -0.2) is 9.78 Å². The summed E-state index contributed by atoms with van der Waals surface area (Å²) >= 11 is 0. The maximum absolute atomic E-state index is 13.9. The van der Waals surface area contributed by atoms with Crippen molar-refractivity contribution in [3.05, 3.63) is 132 Å². The highest BCUT2D eigenvalue weighted by molar-refractivity contribution is 5.99. The zero-order valence-corrected chi connectivity index (χ0v) is 31.9. The van der Waals surface area contributed by atoms with Crippen LogP contribution in [0.2, 0.25) is 0 Å². The molecule has 56 heavy (non-hydrogen) atoms. The first-order valence-corrected chi connectivity index (χ1v) is 19.0. The fraction of sp³-hybridized carbons (Fsp3) is 0.295. The molecule has 0 spiro atoms. The number of hydrogen-bond donors (Lipinski definition) is 3. The Morgan fingerprint density at radius 1 is 0.750 bits per heavy atom. The second-order valence-electron chi connectivity index (χ2n) is 14.5. The Bertz CT molecular complexity index is 2140. The second-order valence-corrected chi connectivity index (χ2v) is 14.5. The molecule has 5 aromatic rings. The van der Waals surface area contributed by atoms with Crippen LogP contribution >= 0.6 is 0 Å². The van der Waals surface area contributed by atoms with Crippen molar-refractivity contribution in [1.29, 1.82) is 0 Å². The number of imidazole rings is 1. The topological polar surface area (TPSA) is 140 Å². The minimum Gasteiger partial charge on any atom is -0.453 e. The van der Waals surface area contributed by atoms with Gasteiger partial charge in [0.25, 0.3) is 5.91 Å². The maximum Gasteiger partial charge on any atom is 0.407 e. The van der Waals surface area contributed by atoms with Gasteiger partial charge < -0.3 is 30.2 Å². The molecule has 0 unspecified atom stereocenters. The van der Waals surface area contributed by atoms with Crippen LogP contribution in [0, 0.1) is 0 Å². The van der Waals surface area contributed by atoms with Crippen molar-refractivity contribution in [2.75, 3.05) is 39.6 Å². The van der Waals surface area contributed by atoms with Gasteiger partial charge in [-0.2, -0.15) is 0 Å². The lowest BCUT2D eigenvalue weighted by atomic mass is 10.0. The fourth-order valence-corrected chi connectivity index (χ4v) is 7.81. The Morgan fingerprint density at radius 3 is 1.98 bits per heavy atom. The second kappa shape index (κ2) is 17.0. The first kappa shape index (κ1) is 38.0. The molecule has 2 aliphatic rings. The third-order valence-electron chi connectivity index (χ3n) is 10.7. The number of rotatable bonds is 11. The molecule has 7 rings (SSSR count). The molecule has 4 aromatic carbocycles. The molecule has 4 atom stereocenters. The number of carbonyl (C=O) groups excluding carboxylic acids is 4. The molecular weight excluding hydrogens is 707 g/mol. The van der Waals surface area contributed by atoms with Gasteiger partial charge in [-0.05, 0) is 79.7 Å². The number of likely N-dealkylation sites (N-methyl/N-ethyl adjacent to an activating group) is 1. The van der Waals surface area contributed by atoms with E-state index in [1.54, 1.807) is 24.3 Å². The standard InChI is InChI=1S/C44H47N7O5/c1-49(2)39(33-14-8-5-9-15-33)43(54)50-26-10-16-36(50)40-45-28-35(47-40)31-20-18-29(19-21-31)30-22-24-34(25-23-30)46-41(52)37-17-11-27-51(37)42(53)38(48-44(55)56-3)32-12-6-4-7-13-32/h4-9,12-15,18-25,28,36-39H,10-11,16-17,26-27H2,1-3H3,(H,45,47)(H,46,52)(H,48,55)/t36-,37-,38+,39+/m0/s1. The Balaban J connectivity index is 0.985.